The van der Waals surface area contributed by atoms with Gasteiger partial charge in [0.05, 0.1) is 11.4 Å². The van der Waals surface area contributed by atoms with Gasteiger partial charge < -0.3 is 15.3 Å². The molecule has 0 saturated carbocycles. The second-order valence-corrected chi connectivity index (χ2v) is 4.82. The molecule has 4 heteroatoms. The lowest BCUT2D eigenvalue weighted by Gasteiger charge is -2.34. The number of piperidine rings is 1. The smallest absolute Gasteiger partial charge is 0.247 e. The molecule has 1 aromatic carbocycles. The van der Waals surface area contributed by atoms with Crippen LogP contribution < -0.4 is 10.2 Å². The minimum Gasteiger partial charge on any atom is -0.396 e. The standard InChI is InChI=1S/C15H20N2O2/c1-2-15(19)16-13-5-3-4-6-14(13)17-9-7-12(11-18)8-10-17/h2-6,12,18H,1,7-11H2,(H,16,19). The SMILES string of the molecule is C=CC(=O)Nc1ccccc1N1CCC(CO)CC1. The van der Waals surface area contributed by atoms with Crippen LogP contribution >= 0.6 is 0 Å². The van der Waals surface area contributed by atoms with Crippen molar-refractivity contribution in [2.75, 3.05) is 29.9 Å². The number of hydrogen-bond acceptors (Lipinski definition) is 3. The average molecular weight is 260 g/mol. The van der Waals surface area contributed by atoms with E-state index in [0.717, 1.165) is 37.3 Å². The van der Waals surface area contributed by atoms with E-state index >= 15 is 0 Å². The van der Waals surface area contributed by atoms with Crippen LogP contribution in [0.4, 0.5) is 11.4 Å². The van der Waals surface area contributed by atoms with Crippen LogP contribution in [-0.2, 0) is 4.79 Å². The van der Waals surface area contributed by atoms with Crippen LogP contribution in [0.3, 0.4) is 0 Å². The van der Waals surface area contributed by atoms with Crippen molar-refractivity contribution in [1.82, 2.24) is 0 Å². The van der Waals surface area contributed by atoms with E-state index in [1.807, 2.05) is 24.3 Å². The third-order valence-corrected chi connectivity index (χ3v) is 3.56. The molecule has 0 unspecified atom stereocenters. The molecule has 4 nitrogen and oxygen atoms in total. The Bertz CT molecular complexity index is 451. The maximum Gasteiger partial charge on any atom is 0.247 e. The summed E-state index contributed by atoms with van der Waals surface area (Å²) in [6, 6.07) is 7.78. The zero-order valence-corrected chi connectivity index (χ0v) is 11.0. The second kappa shape index (κ2) is 6.38. The van der Waals surface area contributed by atoms with Crippen LogP contribution in [-0.4, -0.2) is 30.7 Å². The fraction of sp³-hybridized carbons (Fsp3) is 0.400. The number of rotatable bonds is 4. The van der Waals surface area contributed by atoms with Crippen molar-refractivity contribution in [2.45, 2.75) is 12.8 Å². The maximum absolute atomic E-state index is 11.4. The summed E-state index contributed by atoms with van der Waals surface area (Å²) < 4.78 is 0. The van der Waals surface area contributed by atoms with E-state index in [2.05, 4.69) is 16.8 Å². The fourth-order valence-electron chi connectivity index (χ4n) is 2.40. The highest BCUT2D eigenvalue weighted by atomic mass is 16.3. The zero-order chi connectivity index (χ0) is 13.7. The Balaban J connectivity index is 2.11. The van der Waals surface area contributed by atoms with Gasteiger partial charge in [0, 0.05) is 19.7 Å². The zero-order valence-electron chi connectivity index (χ0n) is 11.0. The molecule has 1 fully saturated rings. The number of aliphatic hydroxyl groups excluding tert-OH is 1. The van der Waals surface area contributed by atoms with Crippen LogP contribution in [0.25, 0.3) is 0 Å². The summed E-state index contributed by atoms with van der Waals surface area (Å²) in [5.41, 5.74) is 1.85. The lowest BCUT2D eigenvalue weighted by atomic mass is 9.97. The third kappa shape index (κ3) is 3.35. The first-order valence-electron chi connectivity index (χ1n) is 6.63. The van der Waals surface area contributed by atoms with Crippen LogP contribution in [0.1, 0.15) is 12.8 Å². The predicted molar refractivity (Wildman–Crippen MR) is 77.3 cm³/mol. The second-order valence-electron chi connectivity index (χ2n) is 4.82. The lowest BCUT2D eigenvalue weighted by Crippen LogP contribution is -2.35. The van der Waals surface area contributed by atoms with Gasteiger partial charge in [-0.1, -0.05) is 18.7 Å². The van der Waals surface area contributed by atoms with Crippen molar-refractivity contribution in [2.24, 2.45) is 5.92 Å². The maximum atomic E-state index is 11.4. The van der Waals surface area contributed by atoms with Gasteiger partial charge in [-0.2, -0.15) is 0 Å². The molecule has 0 radical (unpaired) electrons. The topological polar surface area (TPSA) is 52.6 Å². The van der Waals surface area contributed by atoms with Crippen molar-refractivity contribution in [3.8, 4) is 0 Å². The van der Waals surface area contributed by atoms with Crippen molar-refractivity contribution < 1.29 is 9.90 Å². The molecule has 1 aromatic rings. The number of anilines is 2. The van der Waals surface area contributed by atoms with Crippen LogP contribution in [0.2, 0.25) is 0 Å². The van der Waals surface area contributed by atoms with Gasteiger partial charge in [-0.15, -0.1) is 0 Å². The first-order chi connectivity index (χ1) is 9.24. The molecule has 1 saturated heterocycles. The Morgan fingerprint density at radius 1 is 1.42 bits per heavy atom. The summed E-state index contributed by atoms with van der Waals surface area (Å²) in [6.07, 6.45) is 3.25. The van der Waals surface area contributed by atoms with Gasteiger partial charge in [0.1, 0.15) is 0 Å². The molecule has 0 spiro atoms. The summed E-state index contributed by atoms with van der Waals surface area (Å²) in [5.74, 6) is 0.212. The normalized spacial score (nSPS) is 16.2. The van der Waals surface area contributed by atoms with Crippen LogP contribution in [0, 0.1) is 5.92 Å². The number of nitrogens with one attached hydrogen (secondary N) is 1. The Kier molecular flexibility index (Phi) is 4.58. The van der Waals surface area contributed by atoms with E-state index in [9.17, 15) is 4.79 Å². The van der Waals surface area contributed by atoms with E-state index in [1.54, 1.807) is 0 Å². The largest absolute Gasteiger partial charge is 0.396 e. The fourth-order valence-corrected chi connectivity index (χ4v) is 2.40. The Morgan fingerprint density at radius 3 is 2.74 bits per heavy atom. The molecule has 1 heterocycles. The minimum atomic E-state index is -0.197. The molecular weight excluding hydrogens is 240 g/mol. The first-order valence-corrected chi connectivity index (χ1v) is 6.63. The highest BCUT2D eigenvalue weighted by molar-refractivity contribution is 6.01. The van der Waals surface area contributed by atoms with Gasteiger partial charge in [0.25, 0.3) is 0 Å². The molecule has 2 rings (SSSR count). The number of aliphatic hydroxyl groups is 1. The summed E-state index contributed by atoms with van der Waals surface area (Å²) in [6.45, 7) is 5.55. The highest BCUT2D eigenvalue weighted by Gasteiger charge is 2.20. The molecule has 0 bridgehead atoms. The average Bonchev–Trinajstić information content (AvgIpc) is 2.48. The molecule has 0 atom stereocenters. The third-order valence-electron chi connectivity index (χ3n) is 3.56. The Labute approximate surface area is 113 Å². The molecule has 1 aliphatic heterocycles. The van der Waals surface area contributed by atoms with Gasteiger partial charge in [-0.05, 0) is 37.0 Å². The lowest BCUT2D eigenvalue weighted by molar-refractivity contribution is -0.111. The van der Waals surface area contributed by atoms with Gasteiger partial charge in [0.2, 0.25) is 5.91 Å². The van der Waals surface area contributed by atoms with Crippen LogP contribution in [0.5, 0.6) is 0 Å². The van der Waals surface area contributed by atoms with E-state index in [1.165, 1.54) is 6.08 Å². The predicted octanol–water partition coefficient (Wildman–Crippen LogP) is 2.02. The first kappa shape index (κ1) is 13.6. The van der Waals surface area contributed by atoms with Crippen molar-refractivity contribution in [3.63, 3.8) is 0 Å². The number of benzene rings is 1. The minimum absolute atomic E-state index is 0.197. The van der Waals surface area contributed by atoms with E-state index in [-0.39, 0.29) is 12.5 Å². The number of nitrogens with zero attached hydrogens (tertiary/aromatic N) is 1. The summed E-state index contributed by atoms with van der Waals surface area (Å²) in [4.78, 5) is 13.7. The van der Waals surface area contributed by atoms with E-state index in [4.69, 9.17) is 5.11 Å². The molecule has 19 heavy (non-hydrogen) atoms. The van der Waals surface area contributed by atoms with Crippen molar-refractivity contribution in [1.29, 1.82) is 0 Å². The molecule has 102 valence electrons. The van der Waals surface area contributed by atoms with Crippen molar-refractivity contribution in [3.05, 3.63) is 36.9 Å². The molecule has 0 aliphatic carbocycles. The van der Waals surface area contributed by atoms with Crippen LogP contribution in [0.15, 0.2) is 36.9 Å². The summed E-state index contributed by atoms with van der Waals surface area (Å²) in [7, 11) is 0. The number of carbonyl (C=O) groups is 1. The summed E-state index contributed by atoms with van der Waals surface area (Å²) in [5, 5.41) is 12.0. The van der Waals surface area contributed by atoms with Gasteiger partial charge in [-0.3, -0.25) is 4.79 Å². The highest BCUT2D eigenvalue weighted by Crippen LogP contribution is 2.29. The molecule has 2 N–H and O–H groups in total. The number of carbonyl (C=O) groups excluding carboxylic acids is 1. The Hall–Kier alpha value is -1.81. The molecule has 1 aliphatic rings. The van der Waals surface area contributed by atoms with E-state index in [0.29, 0.717) is 5.92 Å². The molecular formula is C15H20N2O2. The summed E-state index contributed by atoms with van der Waals surface area (Å²) >= 11 is 0. The quantitative estimate of drug-likeness (QED) is 0.814. The number of amides is 1. The number of hydrogen-bond donors (Lipinski definition) is 2. The van der Waals surface area contributed by atoms with Gasteiger partial charge >= 0.3 is 0 Å². The monoisotopic (exact) mass is 260 g/mol. The van der Waals surface area contributed by atoms with Gasteiger partial charge in [0.15, 0.2) is 0 Å². The van der Waals surface area contributed by atoms with Gasteiger partial charge in [-0.25, -0.2) is 0 Å². The Morgan fingerprint density at radius 2 is 2.11 bits per heavy atom. The molecule has 0 aromatic heterocycles. The molecule has 1 amide bonds. The number of para-hydroxylation sites is 2. The van der Waals surface area contributed by atoms with Crippen molar-refractivity contribution >= 4 is 17.3 Å². The van der Waals surface area contributed by atoms with E-state index < -0.39 is 0 Å².